The van der Waals surface area contributed by atoms with Gasteiger partial charge in [0.05, 0.1) is 4.90 Å². The summed E-state index contributed by atoms with van der Waals surface area (Å²) in [5.41, 5.74) is 0. The van der Waals surface area contributed by atoms with E-state index in [1.54, 1.807) is 12.1 Å². The third kappa shape index (κ3) is 1.79. The van der Waals surface area contributed by atoms with Crippen molar-refractivity contribution in [1.82, 2.24) is 0 Å². The lowest BCUT2D eigenvalue weighted by Gasteiger charge is -2.08. The normalized spacial score (nSPS) is 11.8. The van der Waals surface area contributed by atoms with Gasteiger partial charge in [0.2, 0.25) is 0 Å². The van der Waals surface area contributed by atoms with E-state index in [0.29, 0.717) is 10.8 Å². The molecule has 0 fully saturated rings. The van der Waals surface area contributed by atoms with E-state index in [2.05, 4.69) is 0 Å². The molecule has 15 heavy (non-hydrogen) atoms. The summed E-state index contributed by atoms with van der Waals surface area (Å²) in [5, 5.41) is 10.5. The Labute approximate surface area is 86.5 Å². The van der Waals surface area contributed by atoms with Gasteiger partial charge in [0.15, 0.2) is 0 Å². The van der Waals surface area contributed by atoms with E-state index < -0.39 is 10.1 Å². The van der Waals surface area contributed by atoms with Gasteiger partial charge in [0, 0.05) is 5.39 Å². The number of rotatable bonds is 1. The molecule has 0 aliphatic rings. The summed E-state index contributed by atoms with van der Waals surface area (Å²) in [4.78, 5) is -0.291. The molecule has 0 atom stereocenters. The zero-order valence-corrected chi connectivity index (χ0v) is 8.36. The standard InChI is InChI=1S/C10H8O4S/c11-10-3-1-2-7-6-8(15(12,13)14)4-5-9(7)10/h1-6,11H,(H,12,13,14)/p-1. The second-order valence-electron chi connectivity index (χ2n) is 3.11. The van der Waals surface area contributed by atoms with E-state index in [4.69, 9.17) is 0 Å². The highest BCUT2D eigenvalue weighted by Crippen LogP contribution is 2.26. The SMILES string of the molecule is O=S(=O)([O-])c1ccc2c(O)cccc2c1. The molecule has 0 bridgehead atoms. The number of hydrogen-bond donors (Lipinski definition) is 1. The Kier molecular flexibility index (Phi) is 2.13. The van der Waals surface area contributed by atoms with Crippen LogP contribution in [0.15, 0.2) is 41.3 Å². The van der Waals surface area contributed by atoms with Crippen molar-refractivity contribution >= 4 is 20.9 Å². The van der Waals surface area contributed by atoms with Gasteiger partial charge in [-0.2, -0.15) is 0 Å². The van der Waals surface area contributed by atoms with Gasteiger partial charge >= 0.3 is 0 Å². The Bertz CT molecular complexity index is 616. The lowest BCUT2D eigenvalue weighted by molar-refractivity contribution is 0.463. The van der Waals surface area contributed by atoms with Crippen molar-refractivity contribution in [3.05, 3.63) is 36.4 Å². The number of phenols is 1. The van der Waals surface area contributed by atoms with Gasteiger partial charge in [-0.25, -0.2) is 8.42 Å². The van der Waals surface area contributed by atoms with Crippen molar-refractivity contribution < 1.29 is 18.1 Å². The van der Waals surface area contributed by atoms with E-state index in [1.165, 1.54) is 24.3 Å². The molecular weight excluding hydrogens is 216 g/mol. The maximum Gasteiger partial charge on any atom is 0.124 e. The fraction of sp³-hybridized carbons (Fsp3) is 0. The van der Waals surface area contributed by atoms with Crippen LogP contribution in [0.4, 0.5) is 0 Å². The van der Waals surface area contributed by atoms with E-state index in [9.17, 15) is 18.1 Å². The van der Waals surface area contributed by atoms with Crippen molar-refractivity contribution in [2.45, 2.75) is 4.90 Å². The monoisotopic (exact) mass is 223 g/mol. The van der Waals surface area contributed by atoms with Gasteiger partial charge in [-0.15, -0.1) is 0 Å². The second kappa shape index (κ2) is 3.22. The Morgan fingerprint density at radius 2 is 1.87 bits per heavy atom. The third-order valence-electron chi connectivity index (χ3n) is 2.12. The molecule has 0 radical (unpaired) electrons. The Hall–Kier alpha value is -1.59. The van der Waals surface area contributed by atoms with Crippen LogP contribution in [-0.2, 0) is 10.1 Å². The molecule has 0 spiro atoms. The van der Waals surface area contributed by atoms with Crippen molar-refractivity contribution in [3.8, 4) is 5.75 Å². The molecule has 0 aliphatic heterocycles. The van der Waals surface area contributed by atoms with Crippen molar-refractivity contribution in [2.75, 3.05) is 0 Å². The highest BCUT2D eigenvalue weighted by molar-refractivity contribution is 7.85. The quantitative estimate of drug-likeness (QED) is 0.742. The summed E-state index contributed by atoms with van der Waals surface area (Å²) in [6.45, 7) is 0. The molecule has 0 aromatic heterocycles. The van der Waals surface area contributed by atoms with Crippen LogP contribution in [0.3, 0.4) is 0 Å². The predicted molar refractivity (Wildman–Crippen MR) is 53.6 cm³/mol. The van der Waals surface area contributed by atoms with Gasteiger partial charge in [-0.1, -0.05) is 12.1 Å². The summed E-state index contributed by atoms with van der Waals surface area (Å²) < 4.78 is 32.2. The van der Waals surface area contributed by atoms with Crippen molar-refractivity contribution in [1.29, 1.82) is 0 Å². The first-order valence-electron chi connectivity index (χ1n) is 4.16. The average molecular weight is 223 g/mol. The first-order chi connectivity index (χ1) is 6.98. The number of benzene rings is 2. The maximum absolute atomic E-state index is 10.7. The molecule has 0 heterocycles. The number of aromatic hydroxyl groups is 1. The molecule has 2 aromatic rings. The summed E-state index contributed by atoms with van der Waals surface area (Å²) in [6.07, 6.45) is 0. The van der Waals surface area contributed by atoms with Crippen LogP contribution >= 0.6 is 0 Å². The largest absolute Gasteiger partial charge is 0.744 e. The molecular formula is C10H7O4S-. The van der Waals surface area contributed by atoms with Crippen LogP contribution in [0.2, 0.25) is 0 Å². The van der Waals surface area contributed by atoms with Crippen LogP contribution in [0.25, 0.3) is 10.8 Å². The number of phenolic OH excluding ortho intramolecular Hbond substituents is 1. The molecule has 2 rings (SSSR count). The fourth-order valence-corrected chi connectivity index (χ4v) is 1.91. The molecule has 4 nitrogen and oxygen atoms in total. The van der Waals surface area contributed by atoms with Gasteiger partial charge in [0.1, 0.15) is 15.9 Å². The fourth-order valence-electron chi connectivity index (χ4n) is 1.40. The smallest absolute Gasteiger partial charge is 0.124 e. The molecule has 0 saturated carbocycles. The van der Waals surface area contributed by atoms with Crippen LogP contribution in [0.5, 0.6) is 5.75 Å². The van der Waals surface area contributed by atoms with Crippen molar-refractivity contribution in [3.63, 3.8) is 0 Å². The minimum absolute atomic E-state index is 0.0577. The third-order valence-corrected chi connectivity index (χ3v) is 2.95. The van der Waals surface area contributed by atoms with Gasteiger partial charge in [-0.05, 0) is 29.7 Å². The van der Waals surface area contributed by atoms with E-state index in [-0.39, 0.29) is 10.6 Å². The highest BCUT2D eigenvalue weighted by atomic mass is 32.2. The van der Waals surface area contributed by atoms with Crippen LogP contribution in [0.1, 0.15) is 0 Å². The molecule has 0 unspecified atom stereocenters. The van der Waals surface area contributed by atoms with E-state index in [0.717, 1.165) is 0 Å². The molecule has 0 aliphatic carbocycles. The van der Waals surface area contributed by atoms with E-state index >= 15 is 0 Å². The summed E-state index contributed by atoms with van der Waals surface area (Å²) in [5.74, 6) is 0.0577. The molecule has 78 valence electrons. The summed E-state index contributed by atoms with van der Waals surface area (Å²) in [6, 6.07) is 8.55. The zero-order chi connectivity index (χ0) is 11.1. The summed E-state index contributed by atoms with van der Waals surface area (Å²) in [7, 11) is -4.44. The number of hydrogen-bond acceptors (Lipinski definition) is 4. The number of fused-ring (bicyclic) bond motifs is 1. The topological polar surface area (TPSA) is 77.4 Å². The summed E-state index contributed by atoms with van der Waals surface area (Å²) >= 11 is 0. The molecule has 2 aromatic carbocycles. The first kappa shape index (κ1) is 9.95. The Balaban J connectivity index is 2.79. The van der Waals surface area contributed by atoms with Gasteiger partial charge in [0.25, 0.3) is 0 Å². The minimum atomic E-state index is -4.44. The molecule has 5 heteroatoms. The second-order valence-corrected chi connectivity index (χ2v) is 4.49. The maximum atomic E-state index is 10.7. The lowest BCUT2D eigenvalue weighted by Crippen LogP contribution is -1.97. The first-order valence-corrected chi connectivity index (χ1v) is 5.57. The van der Waals surface area contributed by atoms with Crippen LogP contribution < -0.4 is 0 Å². The Morgan fingerprint density at radius 3 is 2.53 bits per heavy atom. The highest BCUT2D eigenvalue weighted by Gasteiger charge is 2.04. The van der Waals surface area contributed by atoms with Crippen LogP contribution in [0, 0.1) is 0 Å². The zero-order valence-electron chi connectivity index (χ0n) is 7.54. The van der Waals surface area contributed by atoms with Crippen LogP contribution in [-0.4, -0.2) is 18.1 Å². The molecule has 0 amide bonds. The predicted octanol–water partition coefficient (Wildman–Crippen LogP) is 1.45. The molecule has 1 N–H and O–H groups in total. The average Bonchev–Trinajstić information content (AvgIpc) is 2.16. The Morgan fingerprint density at radius 1 is 1.13 bits per heavy atom. The minimum Gasteiger partial charge on any atom is -0.744 e. The molecule has 0 saturated heterocycles. The van der Waals surface area contributed by atoms with Crippen molar-refractivity contribution in [2.24, 2.45) is 0 Å². The van der Waals surface area contributed by atoms with Gasteiger partial charge in [-0.3, -0.25) is 0 Å². The lowest BCUT2D eigenvalue weighted by atomic mass is 10.1. The van der Waals surface area contributed by atoms with E-state index in [1.807, 2.05) is 0 Å². The van der Waals surface area contributed by atoms with Gasteiger partial charge < -0.3 is 9.66 Å².